The lowest BCUT2D eigenvalue weighted by Gasteiger charge is -2.33. The fourth-order valence-electron chi connectivity index (χ4n) is 2.54. The van der Waals surface area contributed by atoms with E-state index in [2.05, 4.69) is 22.3 Å². The number of hydrogen-bond donors (Lipinski definition) is 1. The van der Waals surface area contributed by atoms with E-state index < -0.39 is 0 Å². The van der Waals surface area contributed by atoms with E-state index in [-0.39, 0.29) is 5.91 Å². The molecule has 1 fully saturated rings. The van der Waals surface area contributed by atoms with Crippen molar-refractivity contribution in [3.05, 3.63) is 23.8 Å². The van der Waals surface area contributed by atoms with Gasteiger partial charge in [0, 0.05) is 18.2 Å². The van der Waals surface area contributed by atoms with Gasteiger partial charge in [0.25, 0.3) is 5.91 Å². The third-order valence-corrected chi connectivity index (χ3v) is 3.63. The van der Waals surface area contributed by atoms with Crippen molar-refractivity contribution < 1.29 is 4.79 Å². The van der Waals surface area contributed by atoms with E-state index in [1.807, 2.05) is 23.1 Å². The van der Waals surface area contributed by atoms with E-state index >= 15 is 0 Å². The van der Waals surface area contributed by atoms with Crippen LogP contribution in [0.2, 0.25) is 0 Å². The van der Waals surface area contributed by atoms with Crippen molar-refractivity contribution in [1.29, 1.82) is 0 Å². The largest absolute Gasteiger partial charge is 0.336 e. The number of rotatable bonds is 1. The van der Waals surface area contributed by atoms with Crippen LogP contribution in [0.15, 0.2) is 18.2 Å². The van der Waals surface area contributed by atoms with Crippen LogP contribution in [0.4, 0.5) is 0 Å². The van der Waals surface area contributed by atoms with Crippen molar-refractivity contribution in [3.8, 4) is 0 Å². The Bertz CT molecular complexity index is 577. The van der Waals surface area contributed by atoms with Gasteiger partial charge in [0.2, 0.25) is 0 Å². The molecule has 18 heavy (non-hydrogen) atoms. The van der Waals surface area contributed by atoms with Gasteiger partial charge in [0.1, 0.15) is 11.0 Å². The molecule has 0 saturated carbocycles. The molecule has 1 aromatic heterocycles. The number of fused-ring (bicyclic) bond motifs is 1. The molecule has 1 aliphatic rings. The van der Waals surface area contributed by atoms with Gasteiger partial charge in [-0.15, -0.1) is 0 Å². The van der Waals surface area contributed by atoms with E-state index in [9.17, 15) is 4.79 Å². The smallest absolute Gasteiger partial charge is 0.254 e. The predicted octanol–water partition coefficient (Wildman–Crippen LogP) is 1.97. The minimum Gasteiger partial charge on any atom is -0.336 e. The molecule has 1 N–H and O–H groups in total. The lowest BCUT2D eigenvalue weighted by molar-refractivity contribution is 0.0636. The molecular formula is C13H16N4O. The lowest BCUT2D eigenvalue weighted by Crippen LogP contribution is -2.42. The summed E-state index contributed by atoms with van der Waals surface area (Å²) >= 11 is 0. The average molecular weight is 244 g/mol. The van der Waals surface area contributed by atoms with Crippen LogP contribution in [0.25, 0.3) is 11.0 Å². The Balaban J connectivity index is 1.90. The van der Waals surface area contributed by atoms with Gasteiger partial charge in [-0.05, 0) is 44.4 Å². The number of benzene rings is 1. The highest BCUT2D eigenvalue weighted by Gasteiger charge is 2.24. The van der Waals surface area contributed by atoms with Crippen molar-refractivity contribution in [2.75, 3.05) is 6.54 Å². The second kappa shape index (κ2) is 4.40. The Morgan fingerprint density at radius 1 is 1.33 bits per heavy atom. The Hall–Kier alpha value is -1.91. The number of nitrogens with zero attached hydrogens (tertiary/aromatic N) is 3. The second-order valence-electron chi connectivity index (χ2n) is 4.87. The monoisotopic (exact) mass is 244 g/mol. The van der Waals surface area contributed by atoms with Gasteiger partial charge < -0.3 is 4.90 Å². The van der Waals surface area contributed by atoms with Crippen LogP contribution in [0.3, 0.4) is 0 Å². The molecular weight excluding hydrogens is 228 g/mol. The van der Waals surface area contributed by atoms with Crippen LogP contribution in [-0.2, 0) is 0 Å². The first kappa shape index (κ1) is 11.2. The maximum Gasteiger partial charge on any atom is 0.254 e. The zero-order valence-corrected chi connectivity index (χ0v) is 10.4. The zero-order valence-electron chi connectivity index (χ0n) is 10.4. The van der Waals surface area contributed by atoms with E-state index in [4.69, 9.17) is 0 Å². The zero-order chi connectivity index (χ0) is 12.5. The van der Waals surface area contributed by atoms with Crippen LogP contribution in [0, 0.1) is 0 Å². The average Bonchev–Trinajstić information content (AvgIpc) is 2.85. The van der Waals surface area contributed by atoms with E-state index in [0.717, 1.165) is 30.4 Å². The molecule has 0 spiro atoms. The minimum atomic E-state index is 0.104. The summed E-state index contributed by atoms with van der Waals surface area (Å²) in [5.74, 6) is 0.104. The number of carbonyl (C=O) groups is 1. The second-order valence-corrected chi connectivity index (χ2v) is 4.87. The molecule has 1 unspecified atom stereocenters. The first-order chi connectivity index (χ1) is 8.75. The normalized spacial score (nSPS) is 20.3. The third-order valence-electron chi connectivity index (χ3n) is 3.63. The molecule has 1 aromatic carbocycles. The summed E-state index contributed by atoms with van der Waals surface area (Å²) in [5, 5.41) is 10.6. The molecule has 1 saturated heterocycles. The molecule has 0 bridgehead atoms. The SMILES string of the molecule is CC1CCCCN1C(=O)c1ccc2n[nH]nc2c1. The Morgan fingerprint density at radius 3 is 3.00 bits per heavy atom. The van der Waals surface area contributed by atoms with Crippen molar-refractivity contribution in [3.63, 3.8) is 0 Å². The topological polar surface area (TPSA) is 61.9 Å². The number of nitrogens with one attached hydrogen (secondary N) is 1. The van der Waals surface area contributed by atoms with Gasteiger partial charge in [0.05, 0.1) is 0 Å². The van der Waals surface area contributed by atoms with Crippen LogP contribution >= 0.6 is 0 Å². The number of hydrogen-bond acceptors (Lipinski definition) is 3. The number of carbonyl (C=O) groups excluding carboxylic acids is 1. The van der Waals surface area contributed by atoms with E-state index in [0.29, 0.717) is 11.6 Å². The molecule has 2 aromatic rings. The summed E-state index contributed by atoms with van der Waals surface area (Å²) in [6, 6.07) is 5.80. The lowest BCUT2D eigenvalue weighted by atomic mass is 10.0. The molecule has 0 radical (unpaired) electrons. The first-order valence-corrected chi connectivity index (χ1v) is 6.37. The number of aromatic nitrogens is 3. The highest BCUT2D eigenvalue weighted by atomic mass is 16.2. The van der Waals surface area contributed by atoms with Crippen molar-refractivity contribution >= 4 is 16.9 Å². The predicted molar refractivity (Wildman–Crippen MR) is 68.2 cm³/mol. The molecule has 1 atom stereocenters. The summed E-state index contributed by atoms with van der Waals surface area (Å²) < 4.78 is 0. The van der Waals surface area contributed by atoms with E-state index in [1.165, 1.54) is 6.42 Å². The Morgan fingerprint density at radius 2 is 2.17 bits per heavy atom. The summed E-state index contributed by atoms with van der Waals surface area (Å²) in [6.07, 6.45) is 3.41. The van der Waals surface area contributed by atoms with Crippen molar-refractivity contribution in [1.82, 2.24) is 20.3 Å². The summed E-state index contributed by atoms with van der Waals surface area (Å²) in [5.41, 5.74) is 2.23. The van der Waals surface area contributed by atoms with Crippen LogP contribution in [0.1, 0.15) is 36.5 Å². The van der Waals surface area contributed by atoms with Gasteiger partial charge in [-0.3, -0.25) is 4.79 Å². The van der Waals surface area contributed by atoms with Gasteiger partial charge in [0.15, 0.2) is 0 Å². The van der Waals surface area contributed by atoms with Gasteiger partial charge in [-0.25, -0.2) is 0 Å². The number of aromatic amines is 1. The molecule has 1 amide bonds. The third kappa shape index (κ3) is 1.85. The standard InChI is InChI=1S/C13H16N4O/c1-9-4-2-3-7-17(9)13(18)10-5-6-11-12(8-10)15-16-14-11/h5-6,8-9H,2-4,7H2,1H3,(H,14,15,16). The number of H-pyrrole nitrogens is 1. The van der Waals surface area contributed by atoms with Crippen LogP contribution < -0.4 is 0 Å². The van der Waals surface area contributed by atoms with Gasteiger partial charge in [-0.1, -0.05) is 0 Å². The fraction of sp³-hybridized carbons (Fsp3) is 0.462. The molecule has 5 nitrogen and oxygen atoms in total. The summed E-state index contributed by atoms with van der Waals surface area (Å²) in [6.45, 7) is 2.97. The first-order valence-electron chi connectivity index (χ1n) is 6.37. The van der Waals surface area contributed by atoms with Gasteiger partial charge in [-0.2, -0.15) is 15.4 Å². The summed E-state index contributed by atoms with van der Waals surface area (Å²) in [4.78, 5) is 14.4. The minimum absolute atomic E-state index is 0.104. The molecule has 94 valence electrons. The highest BCUT2D eigenvalue weighted by Crippen LogP contribution is 2.20. The number of amides is 1. The Kier molecular flexibility index (Phi) is 2.74. The molecule has 5 heteroatoms. The van der Waals surface area contributed by atoms with Crippen LogP contribution in [-0.4, -0.2) is 38.8 Å². The fourth-order valence-corrected chi connectivity index (χ4v) is 2.54. The molecule has 3 rings (SSSR count). The highest BCUT2D eigenvalue weighted by molar-refractivity contribution is 5.97. The van der Waals surface area contributed by atoms with Crippen LogP contribution in [0.5, 0.6) is 0 Å². The van der Waals surface area contributed by atoms with Gasteiger partial charge >= 0.3 is 0 Å². The van der Waals surface area contributed by atoms with Crippen molar-refractivity contribution in [2.24, 2.45) is 0 Å². The molecule has 0 aliphatic carbocycles. The maximum atomic E-state index is 12.4. The number of piperidine rings is 1. The Labute approximate surface area is 105 Å². The molecule has 2 heterocycles. The maximum absolute atomic E-state index is 12.4. The molecule has 1 aliphatic heterocycles. The van der Waals surface area contributed by atoms with E-state index in [1.54, 1.807) is 0 Å². The quantitative estimate of drug-likeness (QED) is 0.834. The summed E-state index contributed by atoms with van der Waals surface area (Å²) in [7, 11) is 0. The van der Waals surface area contributed by atoms with Crippen molar-refractivity contribution in [2.45, 2.75) is 32.2 Å². The number of likely N-dealkylation sites (tertiary alicyclic amines) is 1.